The maximum atomic E-state index is 12.3. The second kappa shape index (κ2) is 9.52. The Bertz CT molecular complexity index is 1190. The van der Waals surface area contributed by atoms with E-state index in [0.29, 0.717) is 28.4 Å². The zero-order valence-corrected chi connectivity index (χ0v) is 18.0. The van der Waals surface area contributed by atoms with E-state index in [2.05, 4.69) is 26.2 Å². The van der Waals surface area contributed by atoms with Crippen LogP contribution in [-0.4, -0.2) is 25.1 Å². The first-order valence-corrected chi connectivity index (χ1v) is 11.3. The van der Waals surface area contributed by atoms with Crippen molar-refractivity contribution >= 4 is 37.4 Å². The van der Waals surface area contributed by atoms with Gasteiger partial charge in [0.15, 0.2) is 9.84 Å². The molecule has 0 aliphatic carbocycles. The van der Waals surface area contributed by atoms with Crippen LogP contribution in [-0.2, 0) is 20.4 Å². The molecule has 0 radical (unpaired) electrons. The molecule has 1 amide bonds. The Morgan fingerprint density at radius 3 is 2.53 bits per heavy atom. The lowest BCUT2D eigenvalue weighted by molar-refractivity contribution is -0.113. The Hall–Kier alpha value is -3.22. The van der Waals surface area contributed by atoms with Gasteiger partial charge in [0.1, 0.15) is 11.5 Å². The normalized spacial score (nSPS) is 10.8. The number of hydrogen-bond donors (Lipinski definition) is 1. The first-order chi connectivity index (χ1) is 14.3. The van der Waals surface area contributed by atoms with Crippen LogP contribution in [0.4, 0.5) is 5.69 Å². The molecule has 0 saturated heterocycles. The largest absolute Gasteiger partial charge is 0.439 e. The topological polar surface area (TPSA) is 109 Å². The summed E-state index contributed by atoms with van der Waals surface area (Å²) in [4.78, 5) is 16.2. The zero-order chi connectivity index (χ0) is 21.6. The van der Waals surface area contributed by atoms with Gasteiger partial charge >= 0.3 is 0 Å². The Kier molecular flexibility index (Phi) is 6.82. The van der Waals surface area contributed by atoms with Gasteiger partial charge in [0.05, 0.1) is 29.3 Å². The molecule has 1 aromatic heterocycles. The van der Waals surface area contributed by atoms with Crippen molar-refractivity contribution < 1.29 is 17.9 Å². The van der Waals surface area contributed by atoms with Crippen molar-refractivity contribution in [3.63, 3.8) is 0 Å². The van der Waals surface area contributed by atoms with Crippen LogP contribution in [0.1, 0.15) is 11.1 Å². The molecule has 152 valence electrons. The fourth-order valence-electron chi connectivity index (χ4n) is 2.54. The van der Waals surface area contributed by atoms with Crippen molar-refractivity contribution in [3.8, 4) is 17.7 Å². The molecule has 0 saturated carbocycles. The summed E-state index contributed by atoms with van der Waals surface area (Å²) in [7, 11) is -3.67. The van der Waals surface area contributed by atoms with Crippen molar-refractivity contribution in [3.05, 3.63) is 82.5 Å². The minimum atomic E-state index is -3.67. The third kappa shape index (κ3) is 6.40. The van der Waals surface area contributed by atoms with Gasteiger partial charge in [0.25, 0.3) is 0 Å². The highest BCUT2D eigenvalue weighted by atomic mass is 79.9. The van der Waals surface area contributed by atoms with Crippen LogP contribution in [0.3, 0.4) is 0 Å². The maximum Gasteiger partial charge on any atom is 0.239 e. The Labute approximate surface area is 182 Å². The van der Waals surface area contributed by atoms with E-state index in [1.165, 1.54) is 18.3 Å². The zero-order valence-electron chi connectivity index (χ0n) is 15.6. The number of ether oxygens (including phenoxy) is 1. The summed E-state index contributed by atoms with van der Waals surface area (Å²) in [5, 5.41) is 11.3. The Morgan fingerprint density at radius 2 is 1.90 bits per heavy atom. The van der Waals surface area contributed by atoms with E-state index >= 15 is 0 Å². The van der Waals surface area contributed by atoms with E-state index in [-0.39, 0.29) is 5.75 Å². The van der Waals surface area contributed by atoms with Crippen LogP contribution in [0, 0.1) is 11.3 Å². The first-order valence-electron chi connectivity index (χ1n) is 8.72. The molecule has 0 aliphatic rings. The summed E-state index contributed by atoms with van der Waals surface area (Å²) in [5.74, 6) is -0.680. The van der Waals surface area contributed by atoms with Crippen molar-refractivity contribution in [2.45, 2.75) is 5.75 Å². The third-order valence-electron chi connectivity index (χ3n) is 3.86. The summed E-state index contributed by atoms with van der Waals surface area (Å²) in [6, 6.07) is 18.6. The quantitative estimate of drug-likeness (QED) is 0.540. The number of pyridine rings is 1. The van der Waals surface area contributed by atoms with Gasteiger partial charge in [-0.2, -0.15) is 5.26 Å². The monoisotopic (exact) mass is 485 g/mol. The van der Waals surface area contributed by atoms with Gasteiger partial charge in [-0.15, -0.1) is 0 Å². The van der Waals surface area contributed by atoms with Crippen LogP contribution >= 0.6 is 15.9 Å². The molecule has 30 heavy (non-hydrogen) atoms. The number of nitrogens with zero attached hydrogens (tertiary/aromatic N) is 2. The molecule has 3 aromatic rings. The summed E-state index contributed by atoms with van der Waals surface area (Å²) < 4.78 is 31.0. The molecule has 0 fully saturated rings. The average molecular weight is 486 g/mol. The van der Waals surface area contributed by atoms with Gasteiger partial charge in [-0.3, -0.25) is 4.79 Å². The molecular formula is C21H16BrN3O4S. The second-order valence-corrected chi connectivity index (χ2v) is 9.31. The lowest BCUT2D eigenvalue weighted by atomic mass is 10.2. The summed E-state index contributed by atoms with van der Waals surface area (Å²) >= 11 is 3.36. The summed E-state index contributed by atoms with van der Waals surface area (Å²) in [6.45, 7) is 0. The SMILES string of the molecule is N#Cc1ccc(CS(=O)(=O)CC(=O)Nc2ccc(Oc3cccc(Br)c3)nc2)cc1. The van der Waals surface area contributed by atoms with Gasteiger partial charge in [-0.1, -0.05) is 34.1 Å². The standard InChI is InChI=1S/C21H16BrN3O4S/c22-17-2-1-3-19(10-17)29-21-9-8-18(12-24-21)25-20(26)14-30(27,28)13-16-6-4-15(11-23)5-7-16/h1-10,12H,13-14H2,(H,25,26). The minimum Gasteiger partial charge on any atom is -0.439 e. The van der Waals surface area contributed by atoms with Crippen LogP contribution in [0.15, 0.2) is 71.3 Å². The minimum absolute atomic E-state index is 0.288. The molecule has 0 aliphatic heterocycles. The Morgan fingerprint density at radius 1 is 1.13 bits per heavy atom. The van der Waals surface area contributed by atoms with E-state index in [1.807, 2.05) is 18.2 Å². The molecule has 2 aromatic carbocycles. The van der Waals surface area contributed by atoms with Crippen molar-refractivity contribution in [2.24, 2.45) is 0 Å². The number of amides is 1. The molecule has 3 rings (SSSR count). The first kappa shape index (κ1) is 21.5. The van der Waals surface area contributed by atoms with E-state index in [4.69, 9.17) is 10.00 Å². The van der Waals surface area contributed by atoms with Gasteiger partial charge in [-0.05, 0) is 42.0 Å². The number of carbonyl (C=O) groups excluding carboxylic acids is 1. The van der Waals surface area contributed by atoms with E-state index in [0.717, 1.165) is 4.47 Å². The molecule has 7 nitrogen and oxygen atoms in total. The molecule has 1 N–H and O–H groups in total. The molecule has 9 heteroatoms. The number of aromatic nitrogens is 1. The molecule has 0 spiro atoms. The van der Waals surface area contributed by atoms with Crippen molar-refractivity contribution in [2.75, 3.05) is 11.1 Å². The molecule has 0 bridgehead atoms. The predicted molar refractivity (Wildman–Crippen MR) is 116 cm³/mol. The highest BCUT2D eigenvalue weighted by molar-refractivity contribution is 9.10. The number of sulfone groups is 1. The fraction of sp³-hybridized carbons (Fsp3) is 0.0952. The Balaban J connectivity index is 1.56. The third-order valence-corrected chi connectivity index (χ3v) is 5.83. The smallest absolute Gasteiger partial charge is 0.239 e. The molecule has 0 unspecified atom stereocenters. The number of benzene rings is 2. The lowest BCUT2D eigenvalue weighted by Crippen LogP contribution is -2.24. The van der Waals surface area contributed by atoms with Crippen molar-refractivity contribution in [1.82, 2.24) is 4.98 Å². The highest BCUT2D eigenvalue weighted by Crippen LogP contribution is 2.23. The van der Waals surface area contributed by atoms with Crippen LogP contribution in [0.2, 0.25) is 0 Å². The number of rotatable bonds is 7. The van der Waals surface area contributed by atoms with Crippen LogP contribution in [0.5, 0.6) is 11.6 Å². The summed E-state index contributed by atoms with van der Waals surface area (Å²) in [6.07, 6.45) is 1.39. The number of anilines is 1. The average Bonchev–Trinajstić information content (AvgIpc) is 2.69. The van der Waals surface area contributed by atoms with E-state index in [9.17, 15) is 13.2 Å². The summed E-state index contributed by atoms with van der Waals surface area (Å²) in [5.41, 5.74) is 1.31. The number of halogens is 1. The van der Waals surface area contributed by atoms with Gasteiger partial charge in [0.2, 0.25) is 11.8 Å². The predicted octanol–water partition coefficient (Wildman–Crippen LogP) is 4.06. The van der Waals surface area contributed by atoms with E-state index < -0.39 is 21.5 Å². The van der Waals surface area contributed by atoms with Crippen LogP contribution in [0.25, 0.3) is 0 Å². The number of hydrogen-bond acceptors (Lipinski definition) is 6. The van der Waals surface area contributed by atoms with Crippen molar-refractivity contribution in [1.29, 1.82) is 5.26 Å². The highest BCUT2D eigenvalue weighted by Gasteiger charge is 2.18. The lowest BCUT2D eigenvalue weighted by Gasteiger charge is -2.08. The molecule has 0 atom stereocenters. The fourth-order valence-corrected chi connectivity index (χ4v) is 4.20. The van der Waals surface area contributed by atoms with Crippen LogP contribution < -0.4 is 10.1 Å². The number of nitriles is 1. The molecule has 1 heterocycles. The number of nitrogens with one attached hydrogen (secondary N) is 1. The molecular weight excluding hydrogens is 470 g/mol. The van der Waals surface area contributed by atoms with E-state index in [1.54, 1.807) is 36.4 Å². The van der Waals surface area contributed by atoms with Gasteiger partial charge < -0.3 is 10.1 Å². The van der Waals surface area contributed by atoms with Gasteiger partial charge in [0, 0.05) is 10.5 Å². The second-order valence-electron chi connectivity index (χ2n) is 6.33. The van der Waals surface area contributed by atoms with Gasteiger partial charge in [-0.25, -0.2) is 13.4 Å². The number of carbonyl (C=O) groups is 1. The maximum absolute atomic E-state index is 12.3.